The summed E-state index contributed by atoms with van der Waals surface area (Å²) in [6.07, 6.45) is 11.9. The molecule has 0 bridgehead atoms. The fraction of sp³-hybridized carbons (Fsp3) is 0.875. The average molecular weight is 250 g/mol. The van der Waals surface area contributed by atoms with Crippen molar-refractivity contribution < 1.29 is 10.2 Å². The Hall–Kier alpha value is -0.520. The van der Waals surface area contributed by atoms with Crippen LogP contribution in [0.4, 0.5) is 0 Å². The van der Waals surface area contributed by atoms with Crippen LogP contribution in [-0.2, 0) is 0 Å². The zero-order valence-electron chi connectivity index (χ0n) is 11.3. The maximum atomic E-state index is 11.1. The van der Waals surface area contributed by atoms with Crippen molar-refractivity contribution in [1.82, 2.24) is 0 Å². The lowest BCUT2D eigenvalue weighted by molar-refractivity contribution is -0.0433. The third-order valence-corrected chi connectivity index (χ3v) is 4.82. The smallest absolute Gasteiger partial charge is 0.131 e. The Kier molecular flexibility index (Phi) is 5.09. The van der Waals surface area contributed by atoms with Crippen molar-refractivity contribution in [1.29, 1.82) is 0 Å². The van der Waals surface area contributed by atoms with Gasteiger partial charge in [-0.15, -0.1) is 0 Å². The molecule has 2 heteroatoms. The van der Waals surface area contributed by atoms with Crippen molar-refractivity contribution in [2.75, 3.05) is 6.61 Å². The SMILES string of the molecule is OCC#CC(O)(C1CCCCC1)C1CCCCC1. The minimum absolute atomic E-state index is 0.137. The molecular weight excluding hydrogens is 224 g/mol. The molecule has 0 saturated heterocycles. The predicted octanol–water partition coefficient (Wildman–Crippen LogP) is 2.87. The quantitative estimate of drug-likeness (QED) is 0.740. The van der Waals surface area contributed by atoms with Gasteiger partial charge in [0, 0.05) is 0 Å². The van der Waals surface area contributed by atoms with Crippen LogP contribution < -0.4 is 0 Å². The van der Waals surface area contributed by atoms with Crippen molar-refractivity contribution in [2.45, 2.75) is 69.8 Å². The van der Waals surface area contributed by atoms with Crippen molar-refractivity contribution >= 4 is 0 Å². The molecular formula is C16H26O2. The Morgan fingerprint density at radius 2 is 1.28 bits per heavy atom. The third kappa shape index (κ3) is 3.08. The molecule has 102 valence electrons. The Morgan fingerprint density at radius 3 is 1.67 bits per heavy atom. The van der Waals surface area contributed by atoms with E-state index in [9.17, 15) is 5.11 Å². The summed E-state index contributed by atoms with van der Waals surface area (Å²) in [5, 5.41) is 20.0. The molecule has 2 nitrogen and oxygen atoms in total. The average Bonchev–Trinajstić information content (AvgIpc) is 2.46. The summed E-state index contributed by atoms with van der Waals surface area (Å²) >= 11 is 0. The first-order valence-corrected chi connectivity index (χ1v) is 7.60. The monoisotopic (exact) mass is 250 g/mol. The number of hydrogen-bond donors (Lipinski definition) is 2. The van der Waals surface area contributed by atoms with Gasteiger partial charge in [-0.3, -0.25) is 0 Å². The summed E-state index contributed by atoms with van der Waals surface area (Å²) in [5.74, 6) is 6.43. The van der Waals surface area contributed by atoms with Crippen LogP contribution in [-0.4, -0.2) is 22.4 Å². The van der Waals surface area contributed by atoms with Crippen LogP contribution in [0.2, 0.25) is 0 Å². The highest BCUT2D eigenvalue weighted by atomic mass is 16.3. The standard InChI is InChI=1S/C16H26O2/c17-13-7-12-16(18,14-8-3-1-4-9-14)15-10-5-2-6-11-15/h14-15,17-18H,1-6,8-11,13H2. The van der Waals surface area contributed by atoms with Gasteiger partial charge in [0.25, 0.3) is 0 Å². The van der Waals surface area contributed by atoms with Crippen molar-refractivity contribution in [3.8, 4) is 11.8 Å². The summed E-state index contributed by atoms with van der Waals surface area (Å²) in [6, 6.07) is 0. The molecule has 0 unspecified atom stereocenters. The minimum Gasteiger partial charge on any atom is -0.384 e. The van der Waals surface area contributed by atoms with E-state index >= 15 is 0 Å². The topological polar surface area (TPSA) is 40.5 Å². The van der Waals surface area contributed by atoms with Gasteiger partial charge in [0.1, 0.15) is 12.2 Å². The first kappa shape index (κ1) is 13.9. The van der Waals surface area contributed by atoms with E-state index in [1.807, 2.05) is 0 Å². The molecule has 0 atom stereocenters. The van der Waals surface area contributed by atoms with Gasteiger partial charge in [0.05, 0.1) is 0 Å². The van der Waals surface area contributed by atoms with Crippen molar-refractivity contribution in [2.24, 2.45) is 11.8 Å². The van der Waals surface area contributed by atoms with Crippen LogP contribution in [0.1, 0.15) is 64.2 Å². The van der Waals surface area contributed by atoms with E-state index in [4.69, 9.17) is 5.11 Å². The van der Waals surface area contributed by atoms with Gasteiger partial charge in [-0.2, -0.15) is 0 Å². The molecule has 0 spiro atoms. The van der Waals surface area contributed by atoms with Crippen LogP contribution in [0.5, 0.6) is 0 Å². The largest absolute Gasteiger partial charge is 0.384 e. The molecule has 0 aromatic heterocycles. The lowest BCUT2D eigenvalue weighted by atomic mass is 9.66. The molecule has 0 aromatic rings. The van der Waals surface area contributed by atoms with E-state index < -0.39 is 5.60 Å². The summed E-state index contributed by atoms with van der Waals surface area (Å²) in [6.45, 7) is -0.137. The molecule has 18 heavy (non-hydrogen) atoms. The summed E-state index contributed by atoms with van der Waals surface area (Å²) in [7, 11) is 0. The number of aliphatic hydroxyl groups is 2. The predicted molar refractivity (Wildman–Crippen MR) is 73.0 cm³/mol. The van der Waals surface area contributed by atoms with Crippen LogP contribution in [0.25, 0.3) is 0 Å². The maximum absolute atomic E-state index is 11.1. The fourth-order valence-corrected chi connectivity index (χ4v) is 3.80. The fourth-order valence-electron chi connectivity index (χ4n) is 3.80. The Morgan fingerprint density at radius 1 is 0.833 bits per heavy atom. The zero-order valence-corrected chi connectivity index (χ0v) is 11.3. The highest BCUT2D eigenvalue weighted by Crippen LogP contribution is 2.42. The molecule has 2 saturated carbocycles. The van der Waals surface area contributed by atoms with E-state index in [-0.39, 0.29) is 6.61 Å². The highest BCUT2D eigenvalue weighted by molar-refractivity contribution is 5.19. The van der Waals surface area contributed by atoms with Crippen molar-refractivity contribution in [3.63, 3.8) is 0 Å². The van der Waals surface area contributed by atoms with Gasteiger partial charge in [-0.1, -0.05) is 50.4 Å². The molecule has 0 amide bonds. The van der Waals surface area contributed by atoms with E-state index in [1.54, 1.807) is 0 Å². The van der Waals surface area contributed by atoms with E-state index in [1.165, 1.54) is 38.5 Å². The van der Waals surface area contributed by atoms with Gasteiger partial charge in [-0.25, -0.2) is 0 Å². The summed E-state index contributed by atoms with van der Waals surface area (Å²) < 4.78 is 0. The highest BCUT2D eigenvalue weighted by Gasteiger charge is 2.42. The summed E-state index contributed by atoms with van der Waals surface area (Å²) in [4.78, 5) is 0. The molecule has 0 aromatic carbocycles. The third-order valence-electron chi connectivity index (χ3n) is 4.82. The first-order chi connectivity index (χ1) is 8.77. The van der Waals surface area contributed by atoms with Crippen LogP contribution in [0.15, 0.2) is 0 Å². The Bertz CT molecular complexity index is 283. The molecule has 0 radical (unpaired) electrons. The van der Waals surface area contributed by atoms with Gasteiger partial charge in [-0.05, 0) is 37.5 Å². The molecule has 2 rings (SSSR count). The Balaban J connectivity index is 2.14. The van der Waals surface area contributed by atoms with E-state index in [2.05, 4.69) is 11.8 Å². The van der Waals surface area contributed by atoms with E-state index in [0.29, 0.717) is 11.8 Å². The minimum atomic E-state index is -0.830. The van der Waals surface area contributed by atoms with Crippen LogP contribution in [0.3, 0.4) is 0 Å². The number of aliphatic hydroxyl groups excluding tert-OH is 1. The molecule has 2 fully saturated rings. The molecule has 0 aliphatic heterocycles. The lowest BCUT2D eigenvalue weighted by Gasteiger charge is -2.42. The Labute approximate surface area is 111 Å². The normalized spacial score (nSPS) is 23.4. The second kappa shape index (κ2) is 6.59. The second-order valence-corrected chi connectivity index (χ2v) is 5.96. The lowest BCUT2D eigenvalue weighted by Crippen LogP contribution is -2.45. The maximum Gasteiger partial charge on any atom is 0.131 e. The zero-order chi connectivity index (χ0) is 12.8. The summed E-state index contributed by atoms with van der Waals surface area (Å²) in [5.41, 5.74) is -0.830. The number of rotatable bonds is 2. The first-order valence-electron chi connectivity index (χ1n) is 7.60. The molecule has 2 aliphatic carbocycles. The van der Waals surface area contributed by atoms with Gasteiger partial charge in [0.15, 0.2) is 0 Å². The molecule has 2 aliphatic rings. The van der Waals surface area contributed by atoms with Gasteiger partial charge < -0.3 is 10.2 Å². The van der Waals surface area contributed by atoms with Crippen molar-refractivity contribution in [3.05, 3.63) is 0 Å². The second-order valence-electron chi connectivity index (χ2n) is 5.96. The van der Waals surface area contributed by atoms with Crippen LogP contribution >= 0.6 is 0 Å². The molecule has 0 heterocycles. The number of hydrogen-bond acceptors (Lipinski definition) is 2. The molecule has 2 N–H and O–H groups in total. The van der Waals surface area contributed by atoms with E-state index in [0.717, 1.165) is 25.7 Å². The van der Waals surface area contributed by atoms with Gasteiger partial charge >= 0.3 is 0 Å². The van der Waals surface area contributed by atoms with Crippen LogP contribution in [0, 0.1) is 23.7 Å². The van der Waals surface area contributed by atoms with Gasteiger partial charge in [0.2, 0.25) is 0 Å².